The molecule has 0 saturated heterocycles. The van der Waals surface area contributed by atoms with Crippen molar-refractivity contribution < 1.29 is 44.0 Å². The number of alkyl halides is 7. The van der Waals surface area contributed by atoms with Gasteiger partial charge in [-0.15, -0.1) is 0 Å². The Labute approximate surface area is 71.0 Å². The highest BCUT2D eigenvalue weighted by Gasteiger charge is 2.75. The first-order valence-corrected chi connectivity index (χ1v) is 2.70. The largest absolute Gasteiger partial charge is 0.725 e. The molecule has 0 aromatic carbocycles. The molecule has 0 heterocycles. The minimum atomic E-state index is -6.68. The van der Waals surface area contributed by atoms with Crippen LogP contribution in [0.3, 0.4) is 0 Å². The van der Waals surface area contributed by atoms with Crippen molar-refractivity contribution in [2.75, 3.05) is 0 Å². The Morgan fingerprint density at radius 1 is 0.786 bits per heavy atom. The van der Waals surface area contributed by atoms with Crippen LogP contribution >= 0.6 is 0 Å². The van der Waals surface area contributed by atoms with Crippen LogP contribution in [0.2, 0.25) is 0 Å². The van der Waals surface area contributed by atoms with Crippen LogP contribution in [-0.2, 0) is 4.65 Å². The van der Waals surface area contributed by atoms with E-state index in [1.54, 1.807) is 0 Å². The average Bonchev–Trinajstić information content (AvgIpc) is 1.80. The summed E-state index contributed by atoms with van der Waals surface area (Å²) in [6.07, 6.45) is -13.0. The van der Waals surface area contributed by atoms with Gasteiger partial charge in [-0.1, -0.05) is 0 Å². The third-order valence-corrected chi connectivity index (χ3v) is 0.959. The van der Waals surface area contributed by atoms with Crippen molar-refractivity contribution >= 4 is 7.47 Å². The second-order valence-electron chi connectivity index (χ2n) is 1.97. The van der Waals surface area contributed by atoms with E-state index in [0.717, 1.165) is 0 Å². The van der Waals surface area contributed by atoms with Crippen LogP contribution in [0, 0.1) is 0 Å². The lowest BCUT2D eigenvalue weighted by Crippen LogP contribution is -2.54. The van der Waals surface area contributed by atoms with Gasteiger partial charge < -0.3 is 4.65 Å². The number of hydrogen-bond acceptors (Lipinski definition) is 1. The van der Waals surface area contributed by atoms with Gasteiger partial charge in [0, 0.05) is 0 Å². The zero-order valence-electron chi connectivity index (χ0n) is 5.89. The first kappa shape index (κ1) is 13.4. The molecule has 0 aromatic rings. The highest BCUT2D eigenvalue weighted by Crippen LogP contribution is 2.47. The molecule has 0 bridgehead atoms. The summed E-state index contributed by atoms with van der Waals surface area (Å²) >= 11 is 0. The van der Waals surface area contributed by atoms with Gasteiger partial charge in [0.25, 0.3) is 0 Å². The molecule has 0 aromatic heterocycles. The highest BCUT2D eigenvalue weighted by molar-refractivity contribution is 6.34. The zero-order valence-corrected chi connectivity index (χ0v) is 5.89. The molecule has 0 fully saturated rings. The molecule has 0 aliphatic carbocycles. The van der Waals surface area contributed by atoms with E-state index >= 15 is 0 Å². The van der Waals surface area contributed by atoms with Gasteiger partial charge in [0.15, 0.2) is 0 Å². The predicted octanol–water partition coefficient (Wildman–Crippen LogP) is 2.72. The molecule has 0 radical (unpaired) electrons. The summed E-state index contributed by atoms with van der Waals surface area (Å²) in [6, 6.07) is 0. The van der Waals surface area contributed by atoms with Crippen molar-refractivity contribution in [1.29, 1.82) is 0 Å². The molecule has 11 heteroatoms. The minimum Gasteiger partial charge on any atom is -0.315 e. The van der Waals surface area contributed by atoms with E-state index in [4.69, 9.17) is 0 Å². The second-order valence-corrected chi connectivity index (χ2v) is 1.97. The topological polar surface area (TPSA) is 9.23 Å². The first-order chi connectivity index (χ1) is 5.92. The van der Waals surface area contributed by atoms with Crippen LogP contribution < -0.4 is 0 Å². The SMILES string of the molecule is FB(F)OC(F)(F)C(F)(F)C(F)(F)F. The average molecular weight is 234 g/mol. The van der Waals surface area contributed by atoms with Crippen LogP contribution in [0.15, 0.2) is 0 Å². The molecule has 0 aliphatic rings. The molecule has 0 N–H and O–H groups in total. The summed E-state index contributed by atoms with van der Waals surface area (Å²) in [6.45, 7) is 0. The quantitative estimate of drug-likeness (QED) is 0.538. The van der Waals surface area contributed by atoms with Gasteiger partial charge >= 0.3 is 25.7 Å². The normalized spacial score (nSPS) is 14.4. The van der Waals surface area contributed by atoms with Crippen molar-refractivity contribution in [2.24, 2.45) is 0 Å². The molecular formula is C3BF9O. The molecule has 14 heavy (non-hydrogen) atoms. The van der Waals surface area contributed by atoms with Crippen molar-refractivity contribution in [3.05, 3.63) is 0 Å². The molecule has 0 aliphatic heterocycles. The van der Waals surface area contributed by atoms with Crippen molar-refractivity contribution in [3.8, 4) is 0 Å². The fourth-order valence-electron chi connectivity index (χ4n) is 0.351. The van der Waals surface area contributed by atoms with Gasteiger partial charge in [-0.3, -0.25) is 8.63 Å². The van der Waals surface area contributed by atoms with Crippen LogP contribution in [-0.4, -0.2) is 25.7 Å². The van der Waals surface area contributed by atoms with Crippen molar-refractivity contribution in [3.63, 3.8) is 0 Å². The molecule has 0 saturated carbocycles. The number of halogens is 9. The van der Waals surface area contributed by atoms with Crippen LogP contribution in [0.5, 0.6) is 0 Å². The van der Waals surface area contributed by atoms with E-state index in [1.807, 2.05) is 4.65 Å². The van der Waals surface area contributed by atoms with E-state index in [9.17, 15) is 39.4 Å². The molecule has 0 unspecified atom stereocenters. The Kier molecular flexibility index (Phi) is 3.36. The standard InChI is InChI=1S/C3BF9O/c5-1(6,2(7,8)9)3(10,11)14-4(12)13. The second kappa shape index (κ2) is 3.52. The maximum Gasteiger partial charge on any atom is 0.725 e. The smallest absolute Gasteiger partial charge is 0.315 e. The van der Waals surface area contributed by atoms with Gasteiger partial charge in [-0.2, -0.15) is 30.7 Å². The van der Waals surface area contributed by atoms with Crippen molar-refractivity contribution in [2.45, 2.75) is 18.2 Å². The van der Waals surface area contributed by atoms with Crippen LogP contribution in [0.1, 0.15) is 0 Å². The third-order valence-electron chi connectivity index (χ3n) is 0.959. The predicted molar refractivity (Wildman–Crippen MR) is 25.0 cm³/mol. The van der Waals surface area contributed by atoms with Gasteiger partial charge in [0.2, 0.25) is 0 Å². The Morgan fingerprint density at radius 3 is 1.36 bits per heavy atom. The molecule has 1 nitrogen and oxygen atoms in total. The third kappa shape index (κ3) is 2.46. The maximum atomic E-state index is 11.8. The van der Waals surface area contributed by atoms with Crippen LogP contribution in [0.4, 0.5) is 39.4 Å². The minimum absolute atomic E-state index is 1.89. The van der Waals surface area contributed by atoms with Crippen LogP contribution in [0.25, 0.3) is 0 Å². The van der Waals surface area contributed by atoms with E-state index in [-0.39, 0.29) is 0 Å². The monoisotopic (exact) mass is 234 g/mol. The van der Waals surface area contributed by atoms with Gasteiger partial charge in [0.05, 0.1) is 0 Å². The Hall–Kier alpha value is -0.605. The van der Waals surface area contributed by atoms with E-state index in [1.165, 1.54) is 0 Å². The Morgan fingerprint density at radius 2 is 1.14 bits per heavy atom. The molecular weight excluding hydrogens is 234 g/mol. The first-order valence-electron chi connectivity index (χ1n) is 2.70. The Bertz CT molecular complexity index is 197. The molecule has 0 rings (SSSR count). The highest BCUT2D eigenvalue weighted by atomic mass is 19.4. The summed E-state index contributed by atoms with van der Waals surface area (Å²) in [5, 5.41) is 0. The zero-order chi connectivity index (χ0) is 11.8. The fraction of sp³-hybridized carbons (Fsp3) is 1.00. The van der Waals surface area contributed by atoms with Crippen molar-refractivity contribution in [1.82, 2.24) is 0 Å². The molecule has 84 valence electrons. The summed E-state index contributed by atoms with van der Waals surface area (Å²) in [4.78, 5) is 0. The summed E-state index contributed by atoms with van der Waals surface area (Å²) in [5.74, 6) is -6.67. The molecule has 0 atom stereocenters. The van der Waals surface area contributed by atoms with Gasteiger partial charge in [-0.25, -0.2) is 0 Å². The maximum absolute atomic E-state index is 11.8. The summed E-state index contributed by atoms with van der Waals surface area (Å²) in [7, 11) is -4.45. The van der Waals surface area contributed by atoms with E-state index in [0.29, 0.717) is 0 Å². The lowest BCUT2D eigenvalue weighted by molar-refractivity contribution is -0.407. The summed E-state index contributed by atoms with van der Waals surface area (Å²) in [5.41, 5.74) is 0. The molecule has 0 amide bonds. The van der Waals surface area contributed by atoms with Gasteiger partial charge in [-0.05, 0) is 0 Å². The summed E-state index contributed by atoms with van der Waals surface area (Å²) < 4.78 is 105. The Balaban J connectivity index is 4.88. The fourth-order valence-corrected chi connectivity index (χ4v) is 0.351. The molecule has 0 spiro atoms. The number of hydrogen-bond donors (Lipinski definition) is 0. The lowest BCUT2D eigenvalue weighted by Gasteiger charge is -2.26. The lowest BCUT2D eigenvalue weighted by atomic mass is 10.2. The van der Waals surface area contributed by atoms with E-state index < -0.39 is 25.7 Å². The van der Waals surface area contributed by atoms with Gasteiger partial charge in [0.1, 0.15) is 0 Å². The number of rotatable bonds is 3. The van der Waals surface area contributed by atoms with E-state index in [2.05, 4.69) is 0 Å².